The van der Waals surface area contributed by atoms with Crippen molar-refractivity contribution in [2.75, 3.05) is 16.4 Å². The highest BCUT2D eigenvalue weighted by Gasteiger charge is 2.23. The lowest BCUT2D eigenvalue weighted by Crippen LogP contribution is -2.27. The van der Waals surface area contributed by atoms with Crippen molar-refractivity contribution in [1.29, 1.82) is 0 Å². The number of ether oxygens (including phenoxy) is 1. The van der Waals surface area contributed by atoms with E-state index < -0.39 is 11.4 Å². The van der Waals surface area contributed by atoms with Gasteiger partial charge in [-0.2, -0.15) is 15.0 Å². The molecule has 32 heavy (non-hydrogen) atoms. The molecule has 1 amide bonds. The van der Waals surface area contributed by atoms with E-state index in [0.29, 0.717) is 21.1 Å². The molecular formula is C21H23FN6O3S. The first-order valence-electron chi connectivity index (χ1n) is 9.63. The van der Waals surface area contributed by atoms with Crippen LogP contribution < -0.4 is 16.4 Å². The minimum Gasteiger partial charge on any atom is -0.453 e. The van der Waals surface area contributed by atoms with Gasteiger partial charge in [0.25, 0.3) is 0 Å². The van der Waals surface area contributed by atoms with Gasteiger partial charge in [-0.3, -0.25) is 4.79 Å². The number of amides is 1. The van der Waals surface area contributed by atoms with Gasteiger partial charge in [0, 0.05) is 11.1 Å². The molecular weight excluding hydrogens is 435 g/mol. The molecule has 0 aliphatic heterocycles. The Kier molecular flexibility index (Phi) is 6.68. The Bertz CT molecular complexity index is 1140. The van der Waals surface area contributed by atoms with Crippen molar-refractivity contribution in [2.45, 2.75) is 34.3 Å². The van der Waals surface area contributed by atoms with Crippen LogP contribution in [0.1, 0.15) is 41.8 Å². The molecule has 2 heterocycles. The summed E-state index contributed by atoms with van der Waals surface area (Å²) in [4.78, 5) is 37.2. The van der Waals surface area contributed by atoms with Crippen LogP contribution >= 0.6 is 11.3 Å². The maximum Gasteiger partial charge on any atom is 0.349 e. The number of thiophene rings is 1. The number of nitrogens with one attached hydrogen (secondary N) is 2. The number of nitrogens with zero attached hydrogens (tertiary/aromatic N) is 3. The summed E-state index contributed by atoms with van der Waals surface area (Å²) in [7, 11) is 0. The van der Waals surface area contributed by atoms with E-state index in [1.54, 1.807) is 33.8 Å². The van der Waals surface area contributed by atoms with Gasteiger partial charge < -0.3 is 21.1 Å². The second kappa shape index (κ2) is 9.27. The van der Waals surface area contributed by atoms with Gasteiger partial charge in [-0.15, -0.1) is 11.3 Å². The van der Waals surface area contributed by atoms with Crippen LogP contribution in [0.4, 0.5) is 27.0 Å². The third-order valence-electron chi connectivity index (χ3n) is 4.15. The van der Waals surface area contributed by atoms with Gasteiger partial charge in [0.05, 0.1) is 5.00 Å². The molecule has 11 heteroatoms. The number of benzene rings is 1. The maximum atomic E-state index is 13.1. The predicted molar refractivity (Wildman–Crippen MR) is 120 cm³/mol. The minimum atomic E-state index is -0.573. The molecule has 9 nitrogen and oxygen atoms in total. The normalized spacial score (nSPS) is 11.2. The standard InChI is InChI=1S/C21H23FN6O3S/c1-11-9-15(27-18(30)21(2,3)4)32-16(11)17(29)31-10-14-25-19(23)28-20(26-14)24-13-7-5-12(22)6-8-13/h5-9H,10H2,1-4H3,(H,27,30)(H3,23,24,25,26,28). The fraction of sp³-hybridized carbons (Fsp3) is 0.286. The fourth-order valence-electron chi connectivity index (χ4n) is 2.46. The number of aromatic nitrogens is 3. The first-order valence-corrected chi connectivity index (χ1v) is 10.4. The van der Waals surface area contributed by atoms with Gasteiger partial charge in [-0.05, 0) is 42.8 Å². The van der Waals surface area contributed by atoms with Crippen molar-refractivity contribution in [1.82, 2.24) is 15.0 Å². The molecule has 168 valence electrons. The lowest BCUT2D eigenvalue weighted by Gasteiger charge is -2.16. The topological polar surface area (TPSA) is 132 Å². The number of hydrogen-bond donors (Lipinski definition) is 3. The van der Waals surface area contributed by atoms with Crippen molar-refractivity contribution in [2.24, 2.45) is 5.41 Å². The summed E-state index contributed by atoms with van der Waals surface area (Å²) in [6.45, 7) is 6.93. The van der Waals surface area contributed by atoms with Crippen molar-refractivity contribution >= 4 is 45.8 Å². The van der Waals surface area contributed by atoms with Gasteiger partial charge in [0.2, 0.25) is 17.8 Å². The molecule has 0 radical (unpaired) electrons. The Hall–Kier alpha value is -3.60. The summed E-state index contributed by atoms with van der Waals surface area (Å²) in [6, 6.07) is 7.33. The average Bonchev–Trinajstić information content (AvgIpc) is 3.07. The summed E-state index contributed by atoms with van der Waals surface area (Å²) in [5.41, 5.74) is 6.40. The molecule has 0 fully saturated rings. The second-order valence-electron chi connectivity index (χ2n) is 7.97. The van der Waals surface area contributed by atoms with Crippen LogP contribution in [0.25, 0.3) is 0 Å². The predicted octanol–water partition coefficient (Wildman–Crippen LogP) is 4.05. The Labute approximate surface area is 188 Å². The van der Waals surface area contributed by atoms with E-state index in [4.69, 9.17) is 10.5 Å². The highest BCUT2D eigenvalue weighted by molar-refractivity contribution is 7.18. The molecule has 3 aromatic rings. The average molecular weight is 459 g/mol. The van der Waals surface area contributed by atoms with E-state index in [-0.39, 0.29) is 36.1 Å². The first-order chi connectivity index (χ1) is 15.0. The molecule has 3 rings (SSSR count). The summed E-state index contributed by atoms with van der Waals surface area (Å²) >= 11 is 1.13. The van der Waals surface area contributed by atoms with Crippen molar-refractivity contribution in [3.8, 4) is 0 Å². The number of carbonyl (C=O) groups is 2. The monoisotopic (exact) mass is 458 g/mol. The number of rotatable bonds is 6. The highest BCUT2D eigenvalue weighted by Crippen LogP contribution is 2.29. The molecule has 0 bridgehead atoms. The molecule has 0 saturated heterocycles. The van der Waals surface area contributed by atoms with Gasteiger partial charge in [-0.25, -0.2) is 9.18 Å². The van der Waals surface area contributed by atoms with E-state index in [9.17, 15) is 14.0 Å². The smallest absolute Gasteiger partial charge is 0.349 e. The van der Waals surface area contributed by atoms with Crippen LogP contribution in [-0.2, 0) is 16.1 Å². The number of nitrogens with two attached hydrogens (primary N) is 1. The van der Waals surface area contributed by atoms with Gasteiger partial charge in [0.1, 0.15) is 10.7 Å². The molecule has 0 unspecified atom stereocenters. The van der Waals surface area contributed by atoms with Crippen LogP contribution in [0.15, 0.2) is 30.3 Å². The van der Waals surface area contributed by atoms with E-state index in [2.05, 4.69) is 25.6 Å². The SMILES string of the molecule is Cc1cc(NC(=O)C(C)(C)C)sc1C(=O)OCc1nc(N)nc(Nc2ccc(F)cc2)n1. The third-order valence-corrected chi connectivity index (χ3v) is 5.29. The second-order valence-corrected chi connectivity index (χ2v) is 9.02. The molecule has 0 aliphatic carbocycles. The summed E-state index contributed by atoms with van der Waals surface area (Å²) in [5.74, 6) is -0.879. The van der Waals surface area contributed by atoms with Crippen LogP contribution in [0.3, 0.4) is 0 Å². The molecule has 1 aromatic carbocycles. The number of carbonyl (C=O) groups excluding carboxylic acids is 2. The zero-order valence-electron chi connectivity index (χ0n) is 18.0. The zero-order valence-corrected chi connectivity index (χ0v) is 18.8. The molecule has 0 aliphatic rings. The zero-order chi connectivity index (χ0) is 23.5. The first kappa shape index (κ1) is 23.1. The Balaban J connectivity index is 1.66. The third kappa shape index (κ3) is 5.97. The number of nitrogen functional groups attached to an aromatic ring is 1. The quantitative estimate of drug-likeness (QED) is 0.471. The lowest BCUT2D eigenvalue weighted by molar-refractivity contribution is -0.123. The van der Waals surface area contributed by atoms with Gasteiger partial charge >= 0.3 is 5.97 Å². The fourth-order valence-corrected chi connectivity index (χ4v) is 3.42. The van der Waals surface area contributed by atoms with Crippen LogP contribution in [0.5, 0.6) is 0 Å². The Morgan fingerprint density at radius 1 is 1.16 bits per heavy atom. The lowest BCUT2D eigenvalue weighted by atomic mass is 9.96. The highest BCUT2D eigenvalue weighted by atomic mass is 32.1. The van der Waals surface area contributed by atoms with Crippen molar-refractivity contribution in [3.05, 3.63) is 52.4 Å². The number of esters is 1. The molecule has 0 atom stereocenters. The number of aryl methyl sites for hydroxylation is 1. The summed E-state index contributed by atoms with van der Waals surface area (Å²) in [5, 5.41) is 6.25. The van der Waals surface area contributed by atoms with E-state index >= 15 is 0 Å². The van der Waals surface area contributed by atoms with Crippen molar-refractivity contribution in [3.63, 3.8) is 0 Å². The Morgan fingerprint density at radius 2 is 1.84 bits per heavy atom. The van der Waals surface area contributed by atoms with Crippen molar-refractivity contribution < 1.29 is 18.7 Å². The minimum absolute atomic E-state index is 0.0601. The maximum absolute atomic E-state index is 13.1. The number of anilines is 4. The molecule has 0 saturated carbocycles. The molecule has 0 spiro atoms. The van der Waals surface area contributed by atoms with Crippen LogP contribution in [0, 0.1) is 18.2 Å². The summed E-state index contributed by atoms with van der Waals surface area (Å²) in [6.07, 6.45) is 0. The van der Waals surface area contributed by atoms with E-state index in [1.807, 2.05) is 0 Å². The van der Waals surface area contributed by atoms with E-state index in [1.165, 1.54) is 24.3 Å². The number of hydrogen-bond acceptors (Lipinski definition) is 9. The Morgan fingerprint density at radius 3 is 2.50 bits per heavy atom. The molecule has 4 N–H and O–H groups in total. The van der Waals surface area contributed by atoms with Gasteiger partial charge in [0.15, 0.2) is 12.4 Å². The number of halogens is 1. The van der Waals surface area contributed by atoms with Gasteiger partial charge in [-0.1, -0.05) is 20.8 Å². The molecule has 2 aromatic heterocycles. The largest absolute Gasteiger partial charge is 0.453 e. The summed E-state index contributed by atoms with van der Waals surface area (Å²) < 4.78 is 18.4. The van der Waals surface area contributed by atoms with E-state index in [0.717, 1.165) is 11.3 Å². The van der Waals surface area contributed by atoms with Crippen LogP contribution in [-0.4, -0.2) is 26.8 Å². The van der Waals surface area contributed by atoms with Crippen LogP contribution in [0.2, 0.25) is 0 Å².